The van der Waals surface area contributed by atoms with Gasteiger partial charge in [0.05, 0.1) is 5.69 Å². The molecule has 2 N–H and O–H groups in total. The first-order valence-corrected chi connectivity index (χ1v) is 10.0. The number of carboxylic acid groups (broad SMARTS) is 1. The van der Waals surface area contributed by atoms with E-state index in [9.17, 15) is 20.0 Å². The van der Waals surface area contributed by atoms with Gasteiger partial charge in [0.2, 0.25) is 0 Å². The number of nitrogens with zero attached hydrogens (tertiary/aromatic N) is 2. The highest BCUT2D eigenvalue weighted by Crippen LogP contribution is 2.29. The van der Waals surface area contributed by atoms with Crippen molar-refractivity contribution in [3.05, 3.63) is 82.1 Å². The van der Waals surface area contributed by atoms with Crippen molar-refractivity contribution in [2.24, 2.45) is 0 Å². The lowest BCUT2D eigenvalue weighted by molar-refractivity contribution is 0.130. The minimum absolute atomic E-state index is 0.0337. The van der Waals surface area contributed by atoms with Gasteiger partial charge in [0.25, 0.3) is 0 Å². The first-order valence-electron chi connectivity index (χ1n) is 10.0. The monoisotopic (exact) mass is 415 g/mol. The van der Waals surface area contributed by atoms with E-state index in [0.717, 1.165) is 12.8 Å². The van der Waals surface area contributed by atoms with Crippen molar-refractivity contribution in [2.75, 3.05) is 13.1 Å². The molecule has 7 nitrogen and oxygen atoms in total. The molecule has 1 amide bonds. The average Bonchev–Trinajstić information content (AvgIpc) is 2.80. The Morgan fingerprint density at radius 1 is 1.13 bits per heavy atom. The Balaban J connectivity index is 1.65. The number of nitrogens with one attached hydrogen (secondary N) is 1. The lowest BCUT2D eigenvalue weighted by Gasteiger charge is -2.31. The van der Waals surface area contributed by atoms with Crippen LogP contribution in [-0.2, 0) is 0 Å². The lowest BCUT2D eigenvalue weighted by Crippen LogP contribution is -2.38. The summed E-state index contributed by atoms with van der Waals surface area (Å²) in [7, 11) is 0. The first kappa shape index (κ1) is 20.2. The number of piperidine rings is 1. The number of ether oxygens (including phenoxy) is 1. The number of benzene rings is 2. The molecule has 1 aliphatic heterocycles. The molecule has 3 aromatic rings. The number of H-pyrrole nitrogens is 1. The van der Waals surface area contributed by atoms with Crippen LogP contribution in [0.4, 0.5) is 4.79 Å². The maximum atomic E-state index is 12.6. The van der Waals surface area contributed by atoms with Gasteiger partial charge in [0.15, 0.2) is 5.43 Å². The van der Waals surface area contributed by atoms with E-state index >= 15 is 0 Å². The highest BCUT2D eigenvalue weighted by atomic mass is 16.5. The molecule has 0 bridgehead atoms. The van der Waals surface area contributed by atoms with Gasteiger partial charge >= 0.3 is 6.09 Å². The second-order valence-electron chi connectivity index (χ2n) is 7.46. The number of nitriles is 1. The molecule has 0 radical (unpaired) electrons. The van der Waals surface area contributed by atoms with Crippen LogP contribution in [-0.4, -0.2) is 34.2 Å². The lowest BCUT2D eigenvalue weighted by atomic mass is 9.93. The number of hydrogen-bond acceptors (Lipinski definition) is 4. The summed E-state index contributed by atoms with van der Waals surface area (Å²) in [5.41, 5.74) is 1.43. The third kappa shape index (κ3) is 4.43. The second kappa shape index (κ2) is 8.76. The molecule has 2 heterocycles. The van der Waals surface area contributed by atoms with Crippen molar-refractivity contribution in [2.45, 2.75) is 18.8 Å². The van der Waals surface area contributed by atoms with Gasteiger partial charge in [-0.1, -0.05) is 18.2 Å². The maximum Gasteiger partial charge on any atom is 0.407 e. The van der Waals surface area contributed by atoms with Gasteiger partial charge in [-0.2, -0.15) is 5.26 Å². The highest BCUT2D eigenvalue weighted by Gasteiger charge is 2.26. The van der Waals surface area contributed by atoms with Crippen LogP contribution in [0.15, 0.2) is 65.5 Å². The van der Waals surface area contributed by atoms with Crippen LogP contribution >= 0.6 is 0 Å². The molecule has 1 fully saturated rings. The molecule has 1 aliphatic rings. The Kier molecular flexibility index (Phi) is 5.72. The number of pyridine rings is 1. The molecular weight excluding hydrogens is 394 g/mol. The Hall–Kier alpha value is -4.05. The molecule has 0 aliphatic carbocycles. The quantitative estimate of drug-likeness (QED) is 0.649. The van der Waals surface area contributed by atoms with Crippen LogP contribution in [0.5, 0.6) is 11.5 Å². The van der Waals surface area contributed by atoms with Gasteiger partial charge in [-0.3, -0.25) is 4.79 Å². The Labute approximate surface area is 179 Å². The van der Waals surface area contributed by atoms with Gasteiger partial charge in [0.1, 0.15) is 23.1 Å². The molecule has 31 heavy (non-hydrogen) atoms. The molecule has 1 atom stereocenters. The van der Waals surface area contributed by atoms with Gasteiger partial charge in [-0.05, 0) is 54.8 Å². The molecule has 1 unspecified atom stereocenters. The number of carbonyl (C=O) groups is 1. The van der Waals surface area contributed by atoms with Crippen LogP contribution in [0.1, 0.15) is 30.0 Å². The zero-order valence-corrected chi connectivity index (χ0v) is 16.7. The number of amides is 1. The van der Waals surface area contributed by atoms with E-state index in [2.05, 4.69) is 4.98 Å². The zero-order valence-electron chi connectivity index (χ0n) is 16.7. The standard InChI is InChI=1S/C24H21N3O4/c25-14-20-22(28)13-21(17-5-4-12-27(15-17)24(29)30)26-23(20)16-8-10-19(11-9-16)31-18-6-2-1-3-7-18/h1-3,6-11,13,17H,4-5,12,15H2,(H,26,28)(H,29,30). The molecule has 0 spiro atoms. The summed E-state index contributed by atoms with van der Waals surface area (Å²) in [6.45, 7) is 0.808. The van der Waals surface area contributed by atoms with Crippen LogP contribution in [0.3, 0.4) is 0 Å². The predicted molar refractivity (Wildman–Crippen MR) is 115 cm³/mol. The summed E-state index contributed by atoms with van der Waals surface area (Å²) in [5, 5.41) is 18.8. The van der Waals surface area contributed by atoms with E-state index in [1.807, 2.05) is 36.4 Å². The molecule has 4 rings (SSSR count). The van der Waals surface area contributed by atoms with Crippen LogP contribution in [0, 0.1) is 11.3 Å². The summed E-state index contributed by atoms with van der Waals surface area (Å²) >= 11 is 0. The van der Waals surface area contributed by atoms with Gasteiger partial charge in [0, 0.05) is 30.8 Å². The van der Waals surface area contributed by atoms with Crippen LogP contribution < -0.4 is 10.2 Å². The molecule has 7 heteroatoms. The maximum absolute atomic E-state index is 12.6. The third-order valence-corrected chi connectivity index (χ3v) is 5.42. The molecule has 0 saturated carbocycles. The van der Waals surface area contributed by atoms with Crippen LogP contribution in [0.25, 0.3) is 11.3 Å². The van der Waals surface area contributed by atoms with E-state index in [0.29, 0.717) is 41.5 Å². The Morgan fingerprint density at radius 2 is 1.84 bits per heavy atom. The van der Waals surface area contributed by atoms with Gasteiger partial charge < -0.3 is 19.7 Å². The molecule has 2 aromatic carbocycles. The Morgan fingerprint density at radius 3 is 2.52 bits per heavy atom. The van der Waals surface area contributed by atoms with E-state index in [1.165, 1.54) is 11.0 Å². The number of aromatic amines is 1. The van der Waals surface area contributed by atoms with Crippen molar-refractivity contribution in [1.82, 2.24) is 9.88 Å². The predicted octanol–water partition coefficient (Wildman–Crippen LogP) is 4.56. The summed E-state index contributed by atoms with van der Waals surface area (Å²) in [6.07, 6.45) is 0.532. The number of hydrogen-bond donors (Lipinski definition) is 2. The highest BCUT2D eigenvalue weighted by molar-refractivity contribution is 5.68. The number of rotatable bonds is 4. The second-order valence-corrected chi connectivity index (χ2v) is 7.46. The minimum atomic E-state index is -0.963. The fraction of sp³-hybridized carbons (Fsp3) is 0.208. The zero-order chi connectivity index (χ0) is 21.8. The largest absolute Gasteiger partial charge is 0.465 e. The number of aromatic nitrogens is 1. The molecule has 156 valence electrons. The summed E-state index contributed by atoms with van der Waals surface area (Å²) in [4.78, 5) is 28.6. The summed E-state index contributed by atoms with van der Waals surface area (Å²) in [6, 6.07) is 19.9. The molecule has 1 saturated heterocycles. The van der Waals surface area contributed by atoms with E-state index < -0.39 is 6.09 Å². The third-order valence-electron chi connectivity index (χ3n) is 5.42. The van der Waals surface area contributed by atoms with E-state index in [-0.39, 0.29) is 16.9 Å². The topological polar surface area (TPSA) is 106 Å². The van der Waals surface area contributed by atoms with Crippen LogP contribution in [0.2, 0.25) is 0 Å². The van der Waals surface area contributed by atoms with E-state index in [4.69, 9.17) is 4.74 Å². The summed E-state index contributed by atoms with van der Waals surface area (Å²) in [5.74, 6) is 1.23. The van der Waals surface area contributed by atoms with E-state index in [1.54, 1.807) is 24.3 Å². The SMILES string of the molecule is N#Cc1c(-c2ccc(Oc3ccccc3)cc2)[nH]c(C2CCCN(C(=O)O)C2)cc1=O. The fourth-order valence-electron chi connectivity index (χ4n) is 3.85. The first-order chi connectivity index (χ1) is 15.0. The van der Waals surface area contributed by atoms with Crippen molar-refractivity contribution in [1.29, 1.82) is 5.26 Å². The fourth-order valence-corrected chi connectivity index (χ4v) is 3.85. The average molecular weight is 415 g/mol. The number of likely N-dealkylation sites (tertiary alicyclic amines) is 1. The minimum Gasteiger partial charge on any atom is -0.465 e. The van der Waals surface area contributed by atoms with Crippen molar-refractivity contribution in [3.8, 4) is 28.8 Å². The van der Waals surface area contributed by atoms with Crippen molar-refractivity contribution in [3.63, 3.8) is 0 Å². The molecular formula is C24H21N3O4. The molecule has 1 aromatic heterocycles. The summed E-state index contributed by atoms with van der Waals surface area (Å²) < 4.78 is 5.80. The normalized spacial score (nSPS) is 15.8. The van der Waals surface area contributed by atoms with Crippen molar-refractivity contribution >= 4 is 6.09 Å². The Bertz CT molecular complexity index is 1180. The number of para-hydroxylation sites is 1. The smallest absolute Gasteiger partial charge is 0.407 e. The van der Waals surface area contributed by atoms with Gasteiger partial charge in [-0.15, -0.1) is 0 Å². The van der Waals surface area contributed by atoms with Crippen molar-refractivity contribution < 1.29 is 14.6 Å². The van der Waals surface area contributed by atoms with Gasteiger partial charge in [-0.25, -0.2) is 4.79 Å².